The summed E-state index contributed by atoms with van der Waals surface area (Å²) in [6.07, 6.45) is 14.9. The van der Waals surface area contributed by atoms with Crippen molar-refractivity contribution in [1.82, 2.24) is 0 Å². The molecule has 0 aliphatic rings. The third-order valence-corrected chi connectivity index (χ3v) is 4.61. The van der Waals surface area contributed by atoms with E-state index in [-0.39, 0.29) is 0 Å². The summed E-state index contributed by atoms with van der Waals surface area (Å²) < 4.78 is 2.27. The van der Waals surface area contributed by atoms with E-state index in [2.05, 4.69) is 84.5 Å². The Balaban J connectivity index is 1.79. The average molecular weight is 358 g/mol. The number of halogens is 1. The molecule has 0 spiro atoms. The van der Waals surface area contributed by atoms with Crippen molar-refractivity contribution < 1.29 is 4.57 Å². The first-order chi connectivity index (χ1) is 12.2. The number of aryl methyl sites for hydroxylation is 1. The predicted octanol–water partition coefficient (Wildman–Crippen LogP) is 5.40. The predicted molar refractivity (Wildman–Crippen MR) is 110 cm³/mol. The average Bonchev–Trinajstić information content (AvgIpc) is 2.64. The van der Waals surface area contributed by atoms with Crippen LogP contribution in [0.2, 0.25) is 0 Å². The first kappa shape index (κ1) is 19.5. The molecular formula is C22H30ClN2+. The van der Waals surface area contributed by atoms with Gasteiger partial charge in [-0.3, -0.25) is 0 Å². The molecule has 2 nitrogen and oxygen atoms in total. The molecule has 1 aromatic carbocycles. The zero-order valence-electron chi connectivity index (χ0n) is 15.5. The summed E-state index contributed by atoms with van der Waals surface area (Å²) >= 11 is 5.70. The Morgan fingerprint density at radius 3 is 1.96 bits per heavy atom. The first-order valence-electron chi connectivity index (χ1n) is 9.19. The molecule has 0 radical (unpaired) electrons. The van der Waals surface area contributed by atoms with E-state index in [1.165, 1.54) is 42.5 Å². The summed E-state index contributed by atoms with van der Waals surface area (Å²) in [6, 6.07) is 13.0. The molecule has 0 N–H and O–H groups in total. The maximum atomic E-state index is 5.70. The Morgan fingerprint density at radius 1 is 0.800 bits per heavy atom. The fraction of sp³-hybridized carbons (Fsp3) is 0.409. The Morgan fingerprint density at radius 2 is 1.36 bits per heavy atom. The molecule has 0 saturated heterocycles. The van der Waals surface area contributed by atoms with Crippen LogP contribution in [0.4, 0.5) is 5.69 Å². The molecule has 25 heavy (non-hydrogen) atoms. The van der Waals surface area contributed by atoms with Crippen molar-refractivity contribution >= 4 is 29.4 Å². The van der Waals surface area contributed by atoms with Crippen molar-refractivity contribution in [3.8, 4) is 0 Å². The fourth-order valence-corrected chi connectivity index (χ4v) is 2.91. The number of hydrogen-bond acceptors (Lipinski definition) is 1. The van der Waals surface area contributed by atoms with Crippen LogP contribution < -0.4 is 9.47 Å². The van der Waals surface area contributed by atoms with Crippen LogP contribution in [0.1, 0.15) is 43.2 Å². The SMILES string of the molecule is CN(C)c1ccc(/C=C/c2cc[n+](CCCCCCCCl)cc2)cc1. The highest BCUT2D eigenvalue weighted by Crippen LogP contribution is 2.14. The van der Waals surface area contributed by atoms with Gasteiger partial charge in [-0.25, -0.2) is 4.57 Å². The van der Waals surface area contributed by atoms with Gasteiger partial charge >= 0.3 is 0 Å². The summed E-state index contributed by atoms with van der Waals surface area (Å²) in [4.78, 5) is 2.11. The molecule has 1 aromatic heterocycles. The molecular weight excluding hydrogens is 328 g/mol. The summed E-state index contributed by atoms with van der Waals surface area (Å²) in [5.74, 6) is 0.795. The van der Waals surface area contributed by atoms with E-state index >= 15 is 0 Å². The maximum absolute atomic E-state index is 5.70. The van der Waals surface area contributed by atoms with E-state index in [0.717, 1.165) is 18.8 Å². The van der Waals surface area contributed by atoms with E-state index in [9.17, 15) is 0 Å². The minimum Gasteiger partial charge on any atom is -0.378 e. The Hall–Kier alpha value is -1.80. The van der Waals surface area contributed by atoms with Crippen LogP contribution in [-0.4, -0.2) is 20.0 Å². The first-order valence-corrected chi connectivity index (χ1v) is 9.73. The van der Waals surface area contributed by atoms with Crippen LogP contribution in [-0.2, 0) is 6.54 Å². The Kier molecular flexibility index (Phi) is 8.54. The van der Waals surface area contributed by atoms with Gasteiger partial charge in [-0.05, 0) is 36.1 Å². The van der Waals surface area contributed by atoms with Gasteiger partial charge in [-0.1, -0.05) is 37.1 Å². The van der Waals surface area contributed by atoms with Gasteiger partial charge in [0.2, 0.25) is 0 Å². The lowest BCUT2D eigenvalue weighted by Crippen LogP contribution is -2.32. The van der Waals surface area contributed by atoms with Crippen molar-refractivity contribution in [2.45, 2.75) is 38.6 Å². The second kappa shape index (κ2) is 10.9. The normalized spacial score (nSPS) is 11.2. The van der Waals surface area contributed by atoms with E-state index in [4.69, 9.17) is 11.6 Å². The minimum absolute atomic E-state index is 0.795. The third kappa shape index (κ3) is 7.31. The van der Waals surface area contributed by atoms with Gasteiger partial charge in [-0.2, -0.15) is 0 Å². The van der Waals surface area contributed by atoms with Crippen molar-refractivity contribution in [2.24, 2.45) is 0 Å². The quantitative estimate of drug-likeness (QED) is 0.313. The molecule has 1 heterocycles. The van der Waals surface area contributed by atoms with Crippen molar-refractivity contribution in [2.75, 3.05) is 24.9 Å². The highest BCUT2D eigenvalue weighted by molar-refractivity contribution is 6.17. The van der Waals surface area contributed by atoms with Gasteiger partial charge in [-0.15, -0.1) is 11.6 Å². The number of nitrogens with zero attached hydrogens (tertiary/aromatic N) is 2. The third-order valence-electron chi connectivity index (χ3n) is 4.34. The molecule has 134 valence electrons. The Bertz CT molecular complexity index is 630. The van der Waals surface area contributed by atoms with Crippen molar-refractivity contribution in [3.05, 3.63) is 59.9 Å². The highest BCUT2D eigenvalue weighted by Gasteiger charge is 2.00. The van der Waals surface area contributed by atoms with Crippen molar-refractivity contribution in [3.63, 3.8) is 0 Å². The number of unbranched alkanes of at least 4 members (excludes halogenated alkanes) is 4. The number of hydrogen-bond donors (Lipinski definition) is 0. The number of alkyl halides is 1. The fourth-order valence-electron chi connectivity index (χ4n) is 2.72. The molecule has 0 aliphatic carbocycles. The zero-order chi connectivity index (χ0) is 17.9. The summed E-state index contributed by atoms with van der Waals surface area (Å²) in [7, 11) is 4.12. The number of benzene rings is 1. The topological polar surface area (TPSA) is 7.12 Å². The largest absolute Gasteiger partial charge is 0.378 e. The number of pyridine rings is 1. The molecule has 2 aromatic rings. The number of rotatable bonds is 10. The standard InChI is InChI=1S/C22H30ClN2/c1-24(2)22-12-10-20(11-13-22)8-9-21-14-18-25(19-15-21)17-7-5-3-4-6-16-23/h8-15,18-19H,3-7,16-17H2,1-2H3/q+1. The smallest absolute Gasteiger partial charge is 0.169 e. The summed E-state index contributed by atoms with van der Waals surface area (Å²) in [6.45, 7) is 1.09. The van der Waals surface area contributed by atoms with Gasteiger partial charge in [0.25, 0.3) is 0 Å². The van der Waals surface area contributed by atoms with Gasteiger partial charge in [0.15, 0.2) is 12.4 Å². The summed E-state index contributed by atoms with van der Waals surface area (Å²) in [5, 5.41) is 0. The van der Waals surface area contributed by atoms with E-state index < -0.39 is 0 Å². The zero-order valence-corrected chi connectivity index (χ0v) is 16.3. The van der Waals surface area contributed by atoms with Gasteiger partial charge in [0.05, 0.1) is 0 Å². The van der Waals surface area contributed by atoms with Gasteiger partial charge < -0.3 is 4.90 Å². The molecule has 0 saturated carbocycles. The lowest BCUT2D eigenvalue weighted by molar-refractivity contribution is -0.697. The van der Waals surface area contributed by atoms with E-state index in [1.54, 1.807) is 0 Å². The monoisotopic (exact) mass is 357 g/mol. The molecule has 0 aliphatic heterocycles. The van der Waals surface area contributed by atoms with Gasteiger partial charge in [0, 0.05) is 44.2 Å². The van der Waals surface area contributed by atoms with Crippen molar-refractivity contribution in [1.29, 1.82) is 0 Å². The molecule has 2 rings (SSSR count). The molecule has 3 heteroatoms. The van der Waals surface area contributed by atoms with Crippen LogP contribution in [0.25, 0.3) is 12.2 Å². The Labute approximate surface area is 157 Å². The molecule has 0 unspecified atom stereocenters. The number of anilines is 1. The number of aromatic nitrogens is 1. The van der Waals surface area contributed by atoms with Gasteiger partial charge in [0.1, 0.15) is 6.54 Å². The van der Waals surface area contributed by atoms with Crippen LogP contribution in [0.3, 0.4) is 0 Å². The van der Waals surface area contributed by atoms with Crippen LogP contribution in [0, 0.1) is 0 Å². The van der Waals surface area contributed by atoms with Crippen LogP contribution in [0.5, 0.6) is 0 Å². The molecule has 0 bridgehead atoms. The summed E-state index contributed by atoms with van der Waals surface area (Å²) in [5.41, 5.74) is 3.68. The molecule has 0 fully saturated rings. The minimum atomic E-state index is 0.795. The molecule has 0 amide bonds. The van der Waals surface area contributed by atoms with Crippen LogP contribution >= 0.6 is 11.6 Å². The van der Waals surface area contributed by atoms with E-state index in [1.807, 2.05) is 0 Å². The highest BCUT2D eigenvalue weighted by atomic mass is 35.5. The lowest BCUT2D eigenvalue weighted by atomic mass is 10.1. The lowest BCUT2D eigenvalue weighted by Gasteiger charge is -2.11. The molecule has 0 atom stereocenters. The maximum Gasteiger partial charge on any atom is 0.169 e. The van der Waals surface area contributed by atoms with E-state index in [0.29, 0.717) is 0 Å². The second-order valence-electron chi connectivity index (χ2n) is 6.65. The van der Waals surface area contributed by atoms with Crippen LogP contribution in [0.15, 0.2) is 48.8 Å². The second-order valence-corrected chi connectivity index (χ2v) is 7.02.